The molecule has 0 bridgehead atoms. The van der Waals surface area contributed by atoms with Crippen LogP contribution in [0.3, 0.4) is 0 Å². The third-order valence-corrected chi connectivity index (χ3v) is 5.19. The molecule has 2 atom stereocenters. The molecule has 1 aliphatic carbocycles. The molecule has 2 unspecified atom stereocenters. The summed E-state index contributed by atoms with van der Waals surface area (Å²) in [6.45, 7) is 6.01. The first-order chi connectivity index (χ1) is 9.52. The normalized spacial score (nSPS) is 21.1. The van der Waals surface area contributed by atoms with Gasteiger partial charge in [-0.3, -0.25) is 4.79 Å². The van der Waals surface area contributed by atoms with Gasteiger partial charge in [-0.2, -0.15) is 5.10 Å². The zero-order chi connectivity index (χ0) is 14.4. The number of carbonyl (C=O) groups is 1. The molecule has 2 aromatic rings. The van der Waals surface area contributed by atoms with Gasteiger partial charge in [-0.15, -0.1) is 16.4 Å². The Balaban J connectivity index is 1.94. The first kappa shape index (κ1) is 13.3. The van der Waals surface area contributed by atoms with Gasteiger partial charge in [0.2, 0.25) is 0 Å². The van der Waals surface area contributed by atoms with Crippen molar-refractivity contribution in [1.82, 2.24) is 15.5 Å². The summed E-state index contributed by atoms with van der Waals surface area (Å²) in [4.78, 5) is 13.6. The zero-order valence-corrected chi connectivity index (χ0v) is 12.7. The van der Waals surface area contributed by atoms with Crippen LogP contribution in [0.2, 0.25) is 0 Å². The SMILES string of the molecule is CCC1CC1NC(=O)c1sc2nnc(C)c(C)c2c1N. The van der Waals surface area contributed by atoms with Crippen molar-refractivity contribution in [3.8, 4) is 0 Å². The van der Waals surface area contributed by atoms with Crippen LogP contribution in [0.15, 0.2) is 0 Å². The van der Waals surface area contributed by atoms with Crippen molar-refractivity contribution >= 4 is 33.1 Å². The number of carbonyl (C=O) groups excluding carboxylic acids is 1. The Hall–Kier alpha value is -1.69. The predicted octanol–water partition coefficient (Wildman–Crippen LogP) is 2.42. The summed E-state index contributed by atoms with van der Waals surface area (Å²) in [7, 11) is 0. The first-order valence-electron chi connectivity index (χ1n) is 6.85. The van der Waals surface area contributed by atoms with Crippen molar-refractivity contribution in [3.05, 3.63) is 16.1 Å². The summed E-state index contributed by atoms with van der Waals surface area (Å²) in [6, 6.07) is 0.311. The van der Waals surface area contributed by atoms with Crippen molar-refractivity contribution in [3.63, 3.8) is 0 Å². The number of hydrogen-bond donors (Lipinski definition) is 2. The molecule has 6 heteroatoms. The second kappa shape index (κ2) is 4.70. The first-order valence-corrected chi connectivity index (χ1v) is 7.67. The van der Waals surface area contributed by atoms with Crippen LogP contribution in [0, 0.1) is 19.8 Å². The number of nitrogens with two attached hydrogens (primary N) is 1. The Morgan fingerprint density at radius 1 is 1.45 bits per heavy atom. The molecular formula is C14H18N4OS. The van der Waals surface area contributed by atoms with Crippen LogP contribution < -0.4 is 11.1 Å². The number of nitrogens with zero attached hydrogens (tertiary/aromatic N) is 2. The maximum atomic E-state index is 12.3. The van der Waals surface area contributed by atoms with E-state index in [1.165, 1.54) is 11.3 Å². The van der Waals surface area contributed by atoms with E-state index < -0.39 is 0 Å². The molecule has 0 aromatic carbocycles. The van der Waals surface area contributed by atoms with E-state index in [9.17, 15) is 4.79 Å². The van der Waals surface area contributed by atoms with Gasteiger partial charge < -0.3 is 11.1 Å². The maximum Gasteiger partial charge on any atom is 0.263 e. The van der Waals surface area contributed by atoms with Crippen LogP contribution in [-0.2, 0) is 0 Å². The van der Waals surface area contributed by atoms with Gasteiger partial charge in [-0.05, 0) is 31.7 Å². The molecule has 0 radical (unpaired) electrons. The summed E-state index contributed by atoms with van der Waals surface area (Å²) < 4.78 is 0. The molecule has 5 nitrogen and oxygen atoms in total. The molecule has 1 fully saturated rings. The van der Waals surface area contributed by atoms with Crippen LogP contribution in [0.4, 0.5) is 5.69 Å². The minimum atomic E-state index is -0.0801. The topological polar surface area (TPSA) is 80.9 Å². The lowest BCUT2D eigenvalue weighted by molar-refractivity contribution is 0.0954. The molecule has 0 saturated heterocycles. The molecule has 0 aliphatic heterocycles. The van der Waals surface area contributed by atoms with Gasteiger partial charge in [-0.1, -0.05) is 13.3 Å². The average Bonchev–Trinajstić information content (AvgIpc) is 3.08. The highest BCUT2D eigenvalue weighted by Gasteiger charge is 2.37. The third-order valence-electron chi connectivity index (χ3n) is 4.10. The van der Waals surface area contributed by atoms with Crippen LogP contribution in [0.1, 0.15) is 40.7 Å². The quantitative estimate of drug-likeness (QED) is 0.909. The number of amides is 1. The summed E-state index contributed by atoms with van der Waals surface area (Å²) in [5.41, 5.74) is 8.54. The number of aryl methyl sites for hydroxylation is 2. The number of anilines is 1. The fourth-order valence-electron chi connectivity index (χ4n) is 2.52. The van der Waals surface area contributed by atoms with E-state index in [0.717, 1.165) is 34.3 Å². The van der Waals surface area contributed by atoms with Gasteiger partial charge in [0.25, 0.3) is 5.91 Å². The van der Waals surface area contributed by atoms with Crippen molar-refractivity contribution in [2.45, 2.75) is 39.7 Å². The lowest BCUT2D eigenvalue weighted by Crippen LogP contribution is -2.26. The van der Waals surface area contributed by atoms with E-state index in [1.54, 1.807) is 0 Å². The number of rotatable bonds is 3. The Morgan fingerprint density at radius 2 is 2.20 bits per heavy atom. The lowest BCUT2D eigenvalue weighted by atomic mass is 10.1. The zero-order valence-electron chi connectivity index (χ0n) is 11.9. The minimum Gasteiger partial charge on any atom is -0.397 e. The molecule has 3 rings (SSSR count). The van der Waals surface area contributed by atoms with Gasteiger partial charge in [0.05, 0.1) is 11.4 Å². The Morgan fingerprint density at radius 3 is 2.85 bits per heavy atom. The number of nitrogen functional groups attached to an aromatic ring is 1. The van der Waals surface area contributed by atoms with E-state index in [-0.39, 0.29) is 5.91 Å². The monoisotopic (exact) mass is 290 g/mol. The molecule has 0 spiro atoms. The van der Waals surface area contributed by atoms with E-state index in [4.69, 9.17) is 5.73 Å². The number of hydrogen-bond acceptors (Lipinski definition) is 5. The fourth-order valence-corrected chi connectivity index (χ4v) is 3.52. The van der Waals surface area contributed by atoms with Gasteiger partial charge >= 0.3 is 0 Å². The number of thiophene rings is 1. The number of fused-ring (bicyclic) bond motifs is 1. The molecule has 106 valence electrons. The Bertz CT molecular complexity index is 694. The fraction of sp³-hybridized carbons (Fsp3) is 0.500. The van der Waals surface area contributed by atoms with E-state index in [0.29, 0.717) is 22.5 Å². The van der Waals surface area contributed by atoms with Crippen LogP contribution in [-0.4, -0.2) is 22.1 Å². The van der Waals surface area contributed by atoms with Crippen molar-refractivity contribution in [1.29, 1.82) is 0 Å². The van der Waals surface area contributed by atoms with Crippen LogP contribution >= 0.6 is 11.3 Å². The molecule has 20 heavy (non-hydrogen) atoms. The van der Waals surface area contributed by atoms with Gasteiger partial charge in [0.15, 0.2) is 0 Å². The van der Waals surface area contributed by atoms with Crippen molar-refractivity contribution < 1.29 is 4.79 Å². The second-order valence-corrected chi connectivity index (χ2v) is 6.42. The Kier molecular flexibility index (Phi) is 3.12. The largest absolute Gasteiger partial charge is 0.397 e. The highest BCUT2D eigenvalue weighted by molar-refractivity contribution is 7.21. The second-order valence-electron chi connectivity index (χ2n) is 5.42. The maximum absolute atomic E-state index is 12.3. The molecule has 2 aromatic heterocycles. The average molecular weight is 290 g/mol. The number of aromatic nitrogens is 2. The van der Waals surface area contributed by atoms with Crippen LogP contribution in [0.5, 0.6) is 0 Å². The summed E-state index contributed by atoms with van der Waals surface area (Å²) in [5.74, 6) is 0.543. The lowest BCUT2D eigenvalue weighted by Gasteiger charge is -2.03. The van der Waals surface area contributed by atoms with Crippen LogP contribution in [0.25, 0.3) is 10.2 Å². The third kappa shape index (κ3) is 2.04. The molecular weight excluding hydrogens is 272 g/mol. The standard InChI is InChI=1S/C14H18N4OS/c1-4-8-5-9(8)16-13(19)12-11(15)10-6(2)7(3)17-18-14(10)20-12/h8-9H,4-5,15H2,1-3H3,(H,16,19). The summed E-state index contributed by atoms with van der Waals surface area (Å²) in [5, 5.41) is 12.2. The van der Waals surface area contributed by atoms with Gasteiger partial charge in [0.1, 0.15) is 9.71 Å². The smallest absolute Gasteiger partial charge is 0.263 e. The minimum absolute atomic E-state index is 0.0801. The molecule has 2 heterocycles. The van der Waals surface area contributed by atoms with E-state index >= 15 is 0 Å². The van der Waals surface area contributed by atoms with Gasteiger partial charge in [-0.25, -0.2) is 0 Å². The molecule has 1 aliphatic rings. The van der Waals surface area contributed by atoms with E-state index in [1.807, 2.05) is 13.8 Å². The molecule has 1 saturated carbocycles. The molecule has 3 N–H and O–H groups in total. The number of nitrogens with one attached hydrogen (secondary N) is 1. The summed E-state index contributed by atoms with van der Waals surface area (Å²) in [6.07, 6.45) is 2.18. The van der Waals surface area contributed by atoms with Crippen molar-refractivity contribution in [2.75, 3.05) is 5.73 Å². The molecule has 1 amide bonds. The van der Waals surface area contributed by atoms with Gasteiger partial charge in [0, 0.05) is 11.4 Å². The van der Waals surface area contributed by atoms with E-state index in [2.05, 4.69) is 22.4 Å². The van der Waals surface area contributed by atoms with Crippen molar-refractivity contribution in [2.24, 2.45) is 5.92 Å². The highest BCUT2D eigenvalue weighted by Crippen LogP contribution is 2.37. The Labute approximate surface area is 121 Å². The highest BCUT2D eigenvalue weighted by atomic mass is 32.1. The predicted molar refractivity (Wildman–Crippen MR) is 81.0 cm³/mol. The summed E-state index contributed by atoms with van der Waals surface area (Å²) >= 11 is 1.32.